The van der Waals surface area contributed by atoms with Crippen LogP contribution in [-0.2, 0) is 15.1 Å². The average Bonchev–Trinajstić information content (AvgIpc) is 2.49. The molecule has 2 unspecified atom stereocenters. The quantitative estimate of drug-likeness (QED) is 0.770. The number of rotatable bonds is 2. The van der Waals surface area contributed by atoms with Gasteiger partial charge in [-0.3, -0.25) is 0 Å². The number of hydrogen-bond acceptors (Lipinski definition) is 5. The van der Waals surface area contributed by atoms with Gasteiger partial charge in [0.25, 0.3) is 0 Å². The molecule has 5 heteroatoms. The van der Waals surface area contributed by atoms with E-state index in [2.05, 4.69) is 4.74 Å². The van der Waals surface area contributed by atoms with Crippen LogP contribution in [0.5, 0.6) is 0 Å². The molecule has 1 aliphatic rings. The molecule has 0 bridgehead atoms. The van der Waals surface area contributed by atoms with E-state index in [9.17, 15) is 4.79 Å². The molecule has 0 aliphatic heterocycles. The van der Waals surface area contributed by atoms with Gasteiger partial charge in [-0.15, -0.1) is 0 Å². The van der Waals surface area contributed by atoms with E-state index in [4.69, 9.17) is 16.7 Å². The predicted molar refractivity (Wildman–Crippen MR) is 74.2 cm³/mol. The number of esters is 1. The first-order valence-electron chi connectivity index (χ1n) is 6.05. The van der Waals surface area contributed by atoms with E-state index in [-0.39, 0.29) is 0 Å². The molecule has 0 spiro atoms. The van der Waals surface area contributed by atoms with E-state index in [0.29, 0.717) is 11.1 Å². The van der Waals surface area contributed by atoms with Crippen molar-refractivity contribution in [3.8, 4) is 6.07 Å². The second-order valence-electron chi connectivity index (χ2n) is 4.59. The van der Waals surface area contributed by atoms with Crippen LogP contribution < -0.4 is 11.5 Å². The molecule has 2 atom stereocenters. The Kier molecular flexibility index (Phi) is 3.70. The van der Waals surface area contributed by atoms with Gasteiger partial charge in [0, 0.05) is 6.04 Å². The number of carbonyl (C=O) groups is 1. The Balaban J connectivity index is 2.33. The molecular weight excluding hydrogens is 254 g/mol. The van der Waals surface area contributed by atoms with Crippen LogP contribution in [0.1, 0.15) is 11.1 Å². The minimum atomic E-state index is -0.911. The van der Waals surface area contributed by atoms with Crippen molar-refractivity contribution in [2.24, 2.45) is 11.5 Å². The van der Waals surface area contributed by atoms with E-state index in [1.807, 2.05) is 6.07 Å². The summed E-state index contributed by atoms with van der Waals surface area (Å²) in [5, 5.41) is 8.80. The van der Waals surface area contributed by atoms with Gasteiger partial charge < -0.3 is 16.2 Å². The molecule has 0 saturated carbocycles. The number of ether oxygens (including phenoxy) is 1. The Morgan fingerprint density at radius 1 is 1.40 bits per heavy atom. The summed E-state index contributed by atoms with van der Waals surface area (Å²) in [4.78, 5) is 11.5. The maximum absolute atomic E-state index is 11.5. The van der Waals surface area contributed by atoms with E-state index in [1.165, 1.54) is 7.11 Å². The summed E-state index contributed by atoms with van der Waals surface area (Å²) < 4.78 is 4.65. The average molecular weight is 269 g/mol. The number of methoxy groups -OCH3 is 1. The molecule has 0 radical (unpaired) electrons. The number of carbonyl (C=O) groups excluding carboxylic acids is 1. The van der Waals surface area contributed by atoms with Crippen LogP contribution in [0.25, 0.3) is 0 Å². The highest BCUT2D eigenvalue weighted by Gasteiger charge is 2.34. The van der Waals surface area contributed by atoms with Crippen molar-refractivity contribution in [1.29, 1.82) is 5.26 Å². The van der Waals surface area contributed by atoms with Crippen LogP contribution in [0.2, 0.25) is 0 Å². The molecule has 0 amide bonds. The van der Waals surface area contributed by atoms with Gasteiger partial charge in [0.2, 0.25) is 0 Å². The zero-order valence-corrected chi connectivity index (χ0v) is 11.0. The molecule has 0 aromatic heterocycles. The summed E-state index contributed by atoms with van der Waals surface area (Å²) in [5.74, 6) is -0.446. The van der Waals surface area contributed by atoms with Crippen molar-refractivity contribution >= 4 is 5.97 Å². The summed E-state index contributed by atoms with van der Waals surface area (Å²) in [6.07, 6.45) is 4.88. The highest BCUT2D eigenvalue weighted by Crippen LogP contribution is 2.28. The van der Waals surface area contributed by atoms with Gasteiger partial charge in [-0.1, -0.05) is 24.3 Å². The number of nitrogens with zero attached hydrogens (tertiary/aromatic N) is 1. The van der Waals surface area contributed by atoms with Gasteiger partial charge in [0.15, 0.2) is 0 Å². The fourth-order valence-corrected chi connectivity index (χ4v) is 2.10. The lowest BCUT2D eigenvalue weighted by Gasteiger charge is -2.34. The van der Waals surface area contributed by atoms with Crippen molar-refractivity contribution in [3.63, 3.8) is 0 Å². The number of hydrogen-bond donors (Lipinski definition) is 2. The zero-order valence-electron chi connectivity index (χ0n) is 11.0. The molecule has 4 N–H and O–H groups in total. The van der Waals surface area contributed by atoms with Gasteiger partial charge in [-0.05, 0) is 23.8 Å². The van der Waals surface area contributed by atoms with E-state index in [1.54, 1.807) is 42.5 Å². The lowest BCUT2D eigenvalue weighted by molar-refractivity contribution is -0.135. The second-order valence-corrected chi connectivity index (χ2v) is 4.59. The lowest BCUT2D eigenvalue weighted by atomic mass is 9.79. The molecule has 20 heavy (non-hydrogen) atoms. The van der Waals surface area contributed by atoms with Crippen molar-refractivity contribution in [2.75, 3.05) is 7.11 Å². The standard InChI is InChI=1S/C15H15N3O2/c1-20-14(19)11-6-7-15(18,13(17)8-11)12-4-2-10(9-16)3-5-12/h2-8,13H,17-18H2,1H3. The summed E-state index contributed by atoms with van der Waals surface area (Å²) >= 11 is 0. The molecule has 1 aromatic carbocycles. The summed E-state index contributed by atoms with van der Waals surface area (Å²) in [5.41, 5.74) is 13.2. The Labute approximate surface area is 117 Å². The maximum Gasteiger partial charge on any atom is 0.337 e. The van der Waals surface area contributed by atoms with Crippen LogP contribution in [-0.4, -0.2) is 19.1 Å². The fraction of sp³-hybridized carbons (Fsp3) is 0.200. The van der Waals surface area contributed by atoms with Gasteiger partial charge in [-0.25, -0.2) is 4.79 Å². The highest BCUT2D eigenvalue weighted by molar-refractivity contribution is 5.92. The predicted octanol–water partition coefficient (Wildman–Crippen LogP) is 0.709. The SMILES string of the molecule is COC(=O)C1=CC(N)C(N)(c2ccc(C#N)cc2)C=C1. The molecular formula is C15H15N3O2. The first-order chi connectivity index (χ1) is 9.51. The number of nitriles is 1. The molecule has 5 nitrogen and oxygen atoms in total. The third-order valence-electron chi connectivity index (χ3n) is 3.38. The third kappa shape index (κ3) is 2.35. The lowest BCUT2D eigenvalue weighted by Crippen LogP contribution is -2.51. The fourth-order valence-electron chi connectivity index (χ4n) is 2.10. The number of nitrogens with two attached hydrogens (primary N) is 2. The van der Waals surface area contributed by atoms with Gasteiger partial charge in [-0.2, -0.15) is 5.26 Å². The monoisotopic (exact) mass is 269 g/mol. The Morgan fingerprint density at radius 3 is 2.55 bits per heavy atom. The minimum Gasteiger partial charge on any atom is -0.465 e. The van der Waals surface area contributed by atoms with E-state index >= 15 is 0 Å². The Hall–Kier alpha value is -2.42. The summed E-state index contributed by atoms with van der Waals surface area (Å²) in [6, 6.07) is 8.38. The molecule has 0 heterocycles. The molecule has 2 rings (SSSR count). The number of benzene rings is 1. The first kappa shape index (κ1) is 14.0. The molecule has 1 aliphatic carbocycles. The van der Waals surface area contributed by atoms with E-state index < -0.39 is 17.6 Å². The van der Waals surface area contributed by atoms with Crippen LogP contribution >= 0.6 is 0 Å². The highest BCUT2D eigenvalue weighted by atomic mass is 16.5. The first-order valence-corrected chi connectivity index (χ1v) is 6.05. The Bertz CT molecular complexity index is 626. The molecule has 0 fully saturated rings. The minimum absolute atomic E-state index is 0.384. The molecule has 1 aromatic rings. The topological polar surface area (TPSA) is 102 Å². The smallest absolute Gasteiger partial charge is 0.337 e. The third-order valence-corrected chi connectivity index (χ3v) is 3.38. The van der Waals surface area contributed by atoms with Crippen molar-refractivity contribution in [1.82, 2.24) is 0 Å². The van der Waals surface area contributed by atoms with Crippen LogP contribution in [0.15, 0.2) is 48.1 Å². The molecule has 0 saturated heterocycles. The van der Waals surface area contributed by atoms with Gasteiger partial charge in [0.05, 0.1) is 29.9 Å². The maximum atomic E-state index is 11.5. The molecule has 102 valence electrons. The second kappa shape index (κ2) is 5.29. The van der Waals surface area contributed by atoms with Crippen molar-refractivity contribution in [3.05, 3.63) is 59.2 Å². The van der Waals surface area contributed by atoms with Crippen LogP contribution in [0.3, 0.4) is 0 Å². The largest absolute Gasteiger partial charge is 0.465 e. The zero-order chi connectivity index (χ0) is 14.8. The normalized spacial score (nSPS) is 24.7. The van der Waals surface area contributed by atoms with Crippen LogP contribution in [0.4, 0.5) is 0 Å². The van der Waals surface area contributed by atoms with Gasteiger partial charge in [0.1, 0.15) is 0 Å². The van der Waals surface area contributed by atoms with Crippen LogP contribution in [0, 0.1) is 11.3 Å². The van der Waals surface area contributed by atoms with Crippen molar-refractivity contribution < 1.29 is 9.53 Å². The summed E-state index contributed by atoms with van der Waals surface area (Å²) in [6.45, 7) is 0. The van der Waals surface area contributed by atoms with Crippen molar-refractivity contribution in [2.45, 2.75) is 11.6 Å². The van der Waals surface area contributed by atoms with Gasteiger partial charge >= 0.3 is 5.97 Å². The summed E-state index contributed by atoms with van der Waals surface area (Å²) in [7, 11) is 1.31. The van der Waals surface area contributed by atoms with E-state index in [0.717, 1.165) is 5.56 Å². The Morgan fingerprint density at radius 2 is 2.05 bits per heavy atom.